The lowest BCUT2D eigenvalue weighted by Gasteiger charge is -2.50. The van der Waals surface area contributed by atoms with Crippen LogP contribution < -0.4 is 0 Å². The molecule has 4 aromatic carbocycles. The van der Waals surface area contributed by atoms with Gasteiger partial charge in [0, 0.05) is 47.9 Å². The van der Waals surface area contributed by atoms with Crippen molar-refractivity contribution < 1.29 is 30.0 Å². The SMILES string of the molecule is Cc1ccc(C(=O)N2Cc3cc(O)c(O)cc3C3(C2)CN(C(=O)c2ccc(N=[N+]=[N-])cc2)Cc2cc(O)c(O)cc23)cc1. The second-order valence-electron chi connectivity index (χ2n) is 11.0. The molecule has 4 N–H and O–H groups in total. The van der Waals surface area contributed by atoms with Crippen LogP contribution in [0.1, 0.15) is 48.5 Å². The second kappa shape index (κ2) is 10.3. The Morgan fingerprint density at radius 1 is 0.721 bits per heavy atom. The number of carbonyl (C=O) groups excluding carboxylic acids is 2. The van der Waals surface area contributed by atoms with Gasteiger partial charge in [-0.1, -0.05) is 34.9 Å². The van der Waals surface area contributed by atoms with Crippen molar-refractivity contribution in [2.45, 2.75) is 25.4 Å². The van der Waals surface area contributed by atoms with Gasteiger partial charge >= 0.3 is 0 Å². The lowest BCUT2D eigenvalue weighted by Crippen LogP contribution is -2.57. The summed E-state index contributed by atoms with van der Waals surface area (Å²) in [5.74, 6) is -2.05. The number of carbonyl (C=O) groups is 2. The van der Waals surface area contributed by atoms with Crippen LogP contribution in [-0.4, -0.2) is 55.1 Å². The molecule has 2 aliphatic rings. The molecule has 11 heteroatoms. The van der Waals surface area contributed by atoms with Gasteiger partial charge in [0.05, 0.1) is 5.41 Å². The number of azide groups is 1. The third kappa shape index (κ3) is 4.71. The Morgan fingerprint density at radius 3 is 1.58 bits per heavy atom. The van der Waals surface area contributed by atoms with Crippen molar-refractivity contribution in [1.29, 1.82) is 0 Å². The van der Waals surface area contributed by atoms with E-state index < -0.39 is 5.41 Å². The van der Waals surface area contributed by atoms with Crippen molar-refractivity contribution in [3.8, 4) is 23.0 Å². The normalized spacial score (nSPS) is 17.1. The van der Waals surface area contributed by atoms with Crippen molar-refractivity contribution in [2.24, 2.45) is 5.11 Å². The molecule has 1 atom stereocenters. The van der Waals surface area contributed by atoms with Crippen LogP contribution >= 0.6 is 0 Å². The maximum Gasteiger partial charge on any atom is 0.254 e. The zero-order valence-electron chi connectivity index (χ0n) is 23.1. The number of aromatic hydroxyl groups is 4. The standard InChI is InChI=1S/C32H27N5O6/c1-18-2-4-19(5-3-18)30(42)36-14-21-10-26(38)28(40)12-24(21)32(16-36)17-37(15-22-11-27(39)29(41)13-25(22)32)31(43)20-6-8-23(9-7-20)34-35-33/h2-13,38-41H,14-17H2,1H3. The van der Waals surface area contributed by atoms with Crippen LogP contribution in [0.4, 0.5) is 5.69 Å². The molecule has 2 heterocycles. The monoisotopic (exact) mass is 577 g/mol. The summed E-state index contributed by atoms with van der Waals surface area (Å²) in [7, 11) is 0. The Kier molecular flexibility index (Phi) is 6.59. The van der Waals surface area contributed by atoms with Gasteiger partial charge in [0.2, 0.25) is 0 Å². The first-order chi connectivity index (χ1) is 20.6. The van der Waals surface area contributed by atoms with Crippen LogP contribution in [0.25, 0.3) is 10.4 Å². The fraction of sp³-hybridized carbons (Fsp3) is 0.188. The highest BCUT2D eigenvalue weighted by atomic mass is 16.3. The summed E-state index contributed by atoms with van der Waals surface area (Å²) in [6, 6.07) is 19.0. The Morgan fingerprint density at radius 2 is 1.14 bits per heavy atom. The zero-order chi connectivity index (χ0) is 30.5. The van der Waals surface area contributed by atoms with E-state index in [9.17, 15) is 30.0 Å². The minimum atomic E-state index is -1.15. The van der Waals surface area contributed by atoms with Crippen molar-refractivity contribution >= 4 is 17.5 Å². The molecule has 0 saturated heterocycles. The van der Waals surface area contributed by atoms with E-state index in [0.717, 1.165) is 5.56 Å². The highest BCUT2D eigenvalue weighted by Crippen LogP contribution is 2.49. The van der Waals surface area contributed by atoms with E-state index in [1.807, 2.05) is 19.1 Å². The molecular weight excluding hydrogens is 550 g/mol. The predicted octanol–water partition coefficient (Wildman–Crippen LogP) is 5.36. The van der Waals surface area contributed by atoms with Crippen LogP contribution in [0.2, 0.25) is 0 Å². The van der Waals surface area contributed by atoms with E-state index >= 15 is 0 Å². The summed E-state index contributed by atoms with van der Waals surface area (Å²) in [4.78, 5) is 33.7. The molecule has 4 aromatic rings. The molecule has 1 spiro atoms. The maximum absolute atomic E-state index is 13.9. The molecule has 1 unspecified atom stereocenters. The van der Waals surface area contributed by atoms with Crippen LogP contribution in [0.15, 0.2) is 77.9 Å². The molecule has 0 radical (unpaired) electrons. The number of phenolic OH excluding ortho intramolecular Hbond substituents is 4. The Labute approximate surface area is 246 Å². The lowest BCUT2D eigenvalue weighted by molar-refractivity contribution is 0.0577. The number of fused-ring (bicyclic) bond motifs is 4. The van der Waals surface area contributed by atoms with Crippen molar-refractivity contribution in [2.75, 3.05) is 13.1 Å². The van der Waals surface area contributed by atoms with Crippen LogP contribution in [0.3, 0.4) is 0 Å². The van der Waals surface area contributed by atoms with Crippen molar-refractivity contribution in [3.05, 3.63) is 122 Å². The topological polar surface area (TPSA) is 170 Å². The third-order valence-corrected chi connectivity index (χ3v) is 8.22. The van der Waals surface area contributed by atoms with Crippen LogP contribution in [0.5, 0.6) is 23.0 Å². The van der Waals surface area contributed by atoms with Gasteiger partial charge in [-0.3, -0.25) is 9.59 Å². The molecule has 2 amide bonds. The molecule has 0 saturated carbocycles. The van der Waals surface area contributed by atoms with Gasteiger partial charge in [-0.05, 0) is 83.2 Å². The summed E-state index contributed by atoms with van der Waals surface area (Å²) in [5, 5.41) is 45.6. The predicted molar refractivity (Wildman–Crippen MR) is 156 cm³/mol. The number of amides is 2. The van der Waals surface area contributed by atoms with Crippen molar-refractivity contribution in [1.82, 2.24) is 9.80 Å². The van der Waals surface area contributed by atoms with Gasteiger partial charge in [0.1, 0.15) is 0 Å². The van der Waals surface area contributed by atoms with Crippen LogP contribution in [-0.2, 0) is 18.5 Å². The van der Waals surface area contributed by atoms with E-state index in [1.54, 1.807) is 34.1 Å². The molecule has 6 rings (SSSR count). The third-order valence-electron chi connectivity index (χ3n) is 8.22. The number of benzene rings is 4. The van der Waals surface area contributed by atoms with E-state index in [1.165, 1.54) is 36.4 Å². The second-order valence-corrected chi connectivity index (χ2v) is 11.0. The average molecular weight is 578 g/mol. The quantitative estimate of drug-likeness (QED) is 0.111. The highest BCUT2D eigenvalue weighted by molar-refractivity contribution is 5.96. The molecule has 11 nitrogen and oxygen atoms in total. The molecule has 2 aliphatic heterocycles. The largest absolute Gasteiger partial charge is 0.504 e. The molecule has 0 bridgehead atoms. The van der Waals surface area contributed by atoms with E-state index in [2.05, 4.69) is 10.0 Å². The summed E-state index contributed by atoms with van der Waals surface area (Å²) in [5.41, 5.74) is 12.0. The van der Waals surface area contributed by atoms with Gasteiger partial charge in [-0.2, -0.15) is 0 Å². The van der Waals surface area contributed by atoms with Crippen molar-refractivity contribution in [3.63, 3.8) is 0 Å². The lowest BCUT2D eigenvalue weighted by atomic mass is 9.66. The first-order valence-corrected chi connectivity index (χ1v) is 13.5. The molecule has 43 heavy (non-hydrogen) atoms. The molecule has 0 aromatic heterocycles. The Balaban J connectivity index is 1.52. The van der Waals surface area contributed by atoms with E-state index in [0.29, 0.717) is 39.1 Å². The summed E-state index contributed by atoms with van der Waals surface area (Å²) in [6.45, 7) is 2.27. The fourth-order valence-corrected chi connectivity index (χ4v) is 6.17. The number of phenols is 4. The minimum absolute atomic E-state index is 0.0516. The average Bonchev–Trinajstić information content (AvgIpc) is 2.99. The minimum Gasteiger partial charge on any atom is -0.504 e. The highest BCUT2D eigenvalue weighted by Gasteiger charge is 2.49. The van der Waals surface area contributed by atoms with Crippen LogP contribution in [0, 0.1) is 6.92 Å². The number of rotatable bonds is 3. The van der Waals surface area contributed by atoms with Gasteiger partial charge in [0.25, 0.3) is 11.8 Å². The fourth-order valence-electron chi connectivity index (χ4n) is 6.17. The van der Waals surface area contributed by atoms with Gasteiger partial charge in [0.15, 0.2) is 23.0 Å². The summed E-state index contributed by atoms with van der Waals surface area (Å²) >= 11 is 0. The van der Waals surface area contributed by atoms with E-state index in [4.69, 9.17) is 5.53 Å². The molecule has 0 fully saturated rings. The first kappa shape index (κ1) is 27.5. The molecule has 0 aliphatic carbocycles. The van der Waals surface area contributed by atoms with E-state index in [-0.39, 0.29) is 61.0 Å². The number of nitrogens with zero attached hydrogens (tertiary/aromatic N) is 5. The maximum atomic E-state index is 13.9. The Hall–Kier alpha value is -5.67. The smallest absolute Gasteiger partial charge is 0.254 e. The van der Waals surface area contributed by atoms with Gasteiger partial charge in [-0.15, -0.1) is 0 Å². The number of aryl methyl sites for hydroxylation is 1. The number of hydrogen-bond acceptors (Lipinski definition) is 7. The number of hydrogen-bond donors (Lipinski definition) is 4. The first-order valence-electron chi connectivity index (χ1n) is 13.5. The molecular formula is C32H27N5O6. The Bertz CT molecular complexity index is 1830. The summed E-state index contributed by atoms with van der Waals surface area (Å²) in [6.07, 6.45) is 0. The zero-order valence-corrected chi connectivity index (χ0v) is 23.1. The van der Waals surface area contributed by atoms with Gasteiger partial charge < -0.3 is 30.2 Å². The van der Waals surface area contributed by atoms with Gasteiger partial charge in [-0.25, -0.2) is 0 Å². The molecule has 216 valence electrons. The summed E-state index contributed by atoms with van der Waals surface area (Å²) < 4.78 is 0.